The van der Waals surface area contributed by atoms with Crippen LogP contribution in [-0.2, 0) is 20.6 Å². The van der Waals surface area contributed by atoms with Gasteiger partial charge in [-0.15, -0.1) is 0 Å². The molecule has 1 N–H and O–H groups in total. The highest BCUT2D eigenvalue weighted by Crippen LogP contribution is 2.25. The van der Waals surface area contributed by atoms with Gasteiger partial charge in [0.1, 0.15) is 5.82 Å². The van der Waals surface area contributed by atoms with Crippen LogP contribution in [0, 0.1) is 11.7 Å². The molecule has 1 amide bonds. The number of benzene rings is 1. The van der Waals surface area contributed by atoms with Gasteiger partial charge in [-0.05, 0) is 37.3 Å². The fraction of sp³-hybridized carbons (Fsp3) is 0.562. The van der Waals surface area contributed by atoms with Crippen molar-refractivity contribution in [3.63, 3.8) is 0 Å². The SMILES string of the molecule is CNC(=O)CCC1CCCN(S(=O)(=O)Cc2ccc(Cl)cc2F)C1. The summed E-state index contributed by atoms with van der Waals surface area (Å²) in [5.41, 5.74) is 0.117. The van der Waals surface area contributed by atoms with Crippen LogP contribution in [0.2, 0.25) is 5.02 Å². The van der Waals surface area contributed by atoms with Gasteiger partial charge in [0.25, 0.3) is 0 Å². The highest BCUT2D eigenvalue weighted by atomic mass is 35.5. The summed E-state index contributed by atoms with van der Waals surface area (Å²) in [5.74, 6) is -0.878. The van der Waals surface area contributed by atoms with Crippen molar-refractivity contribution < 1.29 is 17.6 Å². The van der Waals surface area contributed by atoms with Crippen molar-refractivity contribution in [2.24, 2.45) is 5.92 Å². The third-order valence-electron chi connectivity index (χ3n) is 4.29. The maximum absolute atomic E-state index is 13.9. The maximum atomic E-state index is 13.9. The number of halogens is 2. The molecule has 134 valence electrons. The summed E-state index contributed by atoms with van der Waals surface area (Å²) in [6, 6.07) is 4.01. The minimum absolute atomic E-state index is 0.0433. The first-order valence-corrected chi connectivity index (χ1v) is 9.93. The zero-order valence-corrected chi connectivity index (χ0v) is 15.2. The van der Waals surface area contributed by atoms with E-state index in [1.807, 2.05) is 0 Å². The summed E-state index contributed by atoms with van der Waals surface area (Å²) in [6.45, 7) is 0.822. The third-order valence-corrected chi connectivity index (χ3v) is 6.32. The van der Waals surface area contributed by atoms with Gasteiger partial charge in [-0.2, -0.15) is 0 Å². The monoisotopic (exact) mass is 376 g/mol. The van der Waals surface area contributed by atoms with Gasteiger partial charge in [0, 0.05) is 37.1 Å². The smallest absolute Gasteiger partial charge is 0.219 e. The second-order valence-electron chi connectivity index (χ2n) is 6.07. The van der Waals surface area contributed by atoms with Crippen molar-refractivity contribution in [1.82, 2.24) is 9.62 Å². The summed E-state index contributed by atoms with van der Waals surface area (Å²) in [7, 11) is -2.02. The number of hydrogen-bond donors (Lipinski definition) is 1. The second-order valence-corrected chi connectivity index (χ2v) is 8.48. The van der Waals surface area contributed by atoms with Crippen molar-refractivity contribution in [2.45, 2.75) is 31.4 Å². The fourth-order valence-electron chi connectivity index (χ4n) is 2.90. The zero-order valence-electron chi connectivity index (χ0n) is 13.6. The van der Waals surface area contributed by atoms with Crippen LogP contribution < -0.4 is 5.32 Å². The fourth-order valence-corrected chi connectivity index (χ4v) is 4.72. The summed E-state index contributed by atoms with van der Waals surface area (Å²) < 4.78 is 40.4. The number of piperidine rings is 1. The van der Waals surface area contributed by atoms with Crippen LogP contribution in [0.1, 0.15) is 31.2 Å². The topological polar surface area (TPSA) is 66.5 Å². The number of sulfonamides is 1. The molecule has 0 spiro atoms. The molecule has 2 rings (SSSR count). The average Bonchev–Trinajstić information content (AvgIpc) is 2.55. The summed E-state index contributed by atoms with van der Waals surface area (Å²) in [4.78, 5) is 11.3. The first-order chi connectivity index (χ1) is 11.3. The zero-order chi connectivity index (χ0) is 17.7. The molecule has 0 radical (unpaired) electrons. The van der Waals surface area contributed by atoms with Crippen LogP contribution in [0.3, 0.4) is 0 Å². The van der Waals surface area contributed by atoms with Crippen LogP contribution >= 0.6 is 11.6 Å². The van der Waals surface area contributed by atoms with Crippen molar-refractivity contribution in [3.8, 4) is 0 Å². The van der Waals surface area contributed by atoms with Crippen molar-refractivity contribution in [3.05, 3.63) is 34.6 Å². The van der Waals surface area contributed by atoms with E-state index in [4.69, 9.17) is 11.6 Å². The molecule has 1 atom stereocenters. The van der Waals surface area contributed by atoms with E-state index in [-0.39, 0.29) is 28.2 Å². The molecule has 1 unspecified atom stereocenters. The molecular weight excluding hydrogens is 355 g/mol. The quantitative estimate of drug-likeness (QED) is 0.829. The van der Waals surface area contributed by atoms with Gasteiger partial charge in [-0.3, -0.25) is 4.79 Å². The summed E-state index contributed by atoms with van der Waals surface area (Å²) >= 11 is 5.70. The highest BCUT2D eigenvalue weighted by Gasteiger charge is 2.29. The molecule has 0 bridgehead atoms. The van der Waals surface area contributed by atoms with Gasteiger partial charge in [0.15, 0.2) is 0 Å². The molecule has 1 saturated heterocycles. The molecule has 1 aliphatic rings. The maximum Gasteiger partial charge on any atom is 0.219 e. The Labute approximate surface area is 147 Å². The third kappa shape index (κ3) is 5.16. The predicted molar refractivity (Wildman–Crippen MR) is 91.6 cm³/mol. The lowest BCUT2D eigenvalue weighted by atomic mass is 9.94. The van der Waals surface area contributed by atoms with Gasteiger partial charge in [0.05, 0.1) is 5.75 Å². The second kappa shape index (κ2) is 8.27. The number of amides is 1. The van der Waals surface area contributed by atoms with E-state index in [2.05, 4.69) is 5.32 Å². The molecule has 24 heavy (non-hydrogen) atoms. The van der Waals surface area contributed by atoms with E-state index in [0.717, 1.165) is 18.9 Å². The molecule has 5 nitrogen and oxygen atoms in total. The Morgan fingerprint density at radius 2 is 2.21 bits per heavy atom. The van der Waals surface area contributed by atoms with Crippen LogP contribution in [0.5, 0.6) is 0 Å². The Balaban J connectivity index is 2.01. The van der Waals surface area contributed by atoms with Crippen molar-refractivity contribution in [1.29, 1.82) is 0 Å². The molecule has 1 aromatic carbocycles. The first kappa shape index (κ1) is 19.1. The number of carbonyl (C=O) groups excluding carboxylic acids is 1. The van der Waals surface area contributed by atoms with E-state index >= 15 is 0 Å². The van der Waals surface area contributed by atoms with Crippen LogP contribution in [-0.4, -0.2) is 38.8 Å². The van der Waals surface area contributed by atoms with Crippen LogP contribution in [0.4, 0.5) is 4.39 Å². The average molecular weight is 377 g/mol. The number of nitrogens with zero attached hydrogens (tertiary/aromatic N) is 1. The van der Waals surface area contributed by atoms with Crippen molar-refractivity contribution >= 4 is 27.5 Å². The van der Waals surface area contributed by atoms with E-state index < -0.39 is 15.8 Å². The highest BCUT2D eigenvalue weighted by molar-refractivity contribution is 7.88. The predicted octanol–water partition coefficient (Wildman–Crippen LogP) is 2.55. The first-order valence-electron chi connectivity index (χ1n) is 7.94. The number of hydrogen-bond acceptors (Lipinski definition) is 3. The Hall–Kier alpha value is -1.18. The summed E-state index contributed by atoms with van der Waals surface area (Å²) in [6.07, 6.45) is 2.70. The Bertz CT molecular complexity index is 697. The lowest BCUT2D eigenvalue weighted by Crippen LogP contribution is -2.40. The van der Waals surface area contributed by atoms with E-state index in [1.54, 1.807) is 7.05 Å². The Morgan fingerprint density at radius 1 is 1.46 bits per heavy atom. The van der Waals surface area contributed by atoms with Gasteiger partial charge >= 0.3 is 0 Å². The molecule has 0 aliphatic carbocycles. The Kier molecular flexibility index (Phi) is 6.60. The summed E-state index contributed by atoms with van der Waals surface area (Å²) in [5, 5.41) is 2.80. The number of rotatable bonds is 6. The number of carbonyl (C=O) groups is 1. The standard InChI is InChI=1S/C16H22ClFN2O3S/c1-19-16(21)7-4-12-3-2-8-20(10-12)24(22,23)11-13-5-6-14(17)9-15(13)18/h5-6,9,12H,2-4,7-8,10-11H2,1H3,(H,19,21). The molecule has 1 aliphatic heterocycles. The lowest BCUT2D eigenvalue weighted by Gasteiger charge is -2.32. The molecule has 1 fully saturated rings. The molecular formula is C16H22ClFN2O3S. The molecule has 1 heterocycles. The number of nitrogens with one attached hydrogen (secondary N) is 1. The van der Waals surface area contributed by atoms with Crippen LogP contribution in [0.15, 0.2) is 18.2 Å². The van der Waals surface area contributed by atoms with E-state index in [1.165, 1.54) is 16.4 Å². The van der Waals surface area contributed by atoms with Gasteiger partial charge in [-0.1, -0.05) is 17.7 Å². The Morgan fingerprint density at radius 3 is 2.88 bits per heavy atom. The largest absolute Gasteiger partial charge is 0.359 e. The minimum atomic E-state index is -3.60. The van der Waals surface area contributed by atoms with Crippen LogP contribution in [0.25, 0.3) is 0 Å². The molecule has 0 saturated carbocycles. The van der Waals surface area contributed by atoms with E-state index in [9.17, 15) is 17.6 Å². The van der Waals surface area contributed by atoms with Gasteiger partial charge in [-0.25, -0.2) is 17.1 Å². The van der Waals surface area contributed by atoms with E-state index in [0.29, 0.717) is 25.9 Å². The van der Waals surface area contributed by atoms with Crippen molar-refractivity contribution in [2.75, 3.05) is 20.1 Å². The molecule has 8 heteroatoms. The molecule has 1 aromatic rings. The minimum Gasteiger partial charge on any atom is -0.359 e. The molecule has 0 aromatic heterocycles. The normalized spacial score (nSPS) is 19.2. The lowest BCUT2D eigenvalue weighted by molar-refractivity contribution is -0.120. The van der Waals surface area contributed by atoms with Gasteiger partial charge in [0.2, 0.25) is 15.9 Å². The van der Waals surface area contributed by atoms with Gasteiger partial charge < -0.3 is 5.32 Å².